The van der Waals surface area contributed by atoms with Crippen molar-refractivity contribution in [2.45, 2.75) is 39.4 Å². The van der Waals surface area contributed by atoms with Crippen LogP contribution in [0.4, 0.5) is 0 Å². The zero-order valence-electron chi connectivity index (χ0n) is 13.2. The molecule has 20 heavy (non-hydrogen) atoms. The fraction of sp³-hybridized carbons (Fsp3) is 0.647. The van der Waals surface area contributed by atoms with Crippen LogP contribution in [0.3, 0.4) is 0 Å². The first-order valence-electron chi connectivity index (χ1n) is 7.91. The van der Waals surface area contributed by atoms with E-state index in [0.717, 1.165) is 19.1 Å². The molecule has 1 saturated heterocycles. The lowest BCUT2D eigenvalue weighted by atomic mass is 10.1. The monoisotopic (exact) mass is 275 g/mol. The SMILES string of the molecule is CCC(C)N1CCN(Cc2ccc(CNC)cc2)CC1. The van der Waals surface area contributed by atoms with Crippen LogP contribution in [0.5, 0.6) is 0 Å². The predicted octanol–water partition coefficient (Wildman–Crippen LogP) is 2.32. The molecule has 1 fully saturated rings. The molecule has 0 aromatic heterocycles. The molecule has 1 heterocycles. The summed E-state index contributed by atoms with van der Waals surface area (Å²) in [5, 5.41) is 3.19. The smallest absolute Gasteiger partial charge is 0.0234 e. The molecule has 0 amide bonds. The Morgan fingerprint density at radius 3 is 2.20 bits per heavy atom. The van der Waals surface area contributed by atoms with E-state index in [1.165, 1.54) is 43.7 Å². The van der Waals surface area contributed by atoms with Gasteiger partial charge in [-0.15, -0.1) is 0 Å². The molecule has 1 aliphatic rings. The lowest BCUT2D eigenvalue weighted by molar-refractivity contribution is 0.0964. The first-order chi connectivity index (χ1) is 9.72. The molecule has 1 N–H and O–H groups in total. The largest absolute Gasteiger partial charge is 0.316 e. The predicted molar refractivity (Wildman–Crippen MR) is 85.8 cm³/mol. The Labute approximate surface area is 124 Å². The van der Waals surface area contributed by atoms with E-state index in [1.807, 2.05) is 7.05 Å². The Hall–Kier alpha value is -0.900. The van der Waals surface area contributed by atoms with E-state index in [9.17, 15) is 0 Å². The summed E-state index contributed by atoms with van der Waals surface area (Å²) in [6.45, 7) is 11.5. The standard InChI is InChI=1S/C17H29N3/c1-4-15(2)20-11-9-19(10-12-20)14-17-7-5-16(6-8-17)13-18-3/h5-8,15,18H,4,9-14H2,1-3H3. The maximum atomic E-state index is 3.19. The number of nitrogens with zero attached hydrogens (tertiary/aromatic N) is 2. The summed E-state index contributed by atoms with van der Waals surface area (Å²) in [5.41, 5.74) is 2.79. The second kappa shape index (κ2) is 7.77. The average molecular weight is 275 g/mol. The lowest BCUT2D eigenvalue weighted by Crippen LogP contribution is -2.48. The third kappa shape index (κ3) is 4.30. The summed E-state index contributed by atoms with van der Waals surface area (Å²) >= 11 is 0. The minimum atomic E-state index is 0.734. The number of hydrogen-bond acceptors (Lipinski definition) is 3. The van der Waals surface area contributed by atoms with Crippen molar-refractivity contribution >= 4 is 0 Å². The zero-order chi connectivity index (χ0) is 14.4. The quantitative estimate of drug-likeness (QED) is 0.859. The third-order valence-electron chi connectivity index (χ3n) is 4.43. The summed E-state index contributed by atoms with van der Waals surface area (Å²) in [6.07, 6.45) is 1.26. The Balaban J connectivity index is 1.80. The molecule has 0 bridgehead atoms. The second-order valence-electron chi connectivity index (χ2n) is 5.92. The minimum Gasteiger partial charge on any atom is -0.316 e. The molecule has 0 saturated carbocycles. The highest BCUT2D eigenvalue weighted by Crippen LogP contribution is 2.12. The fourth-order valence-electron chi connectivity index (χ4n) is 2.85. The minimum absolute atomic E-state index is 0.734. The molecule has 2 rings (SSSR count). The molecule has 1 atom stereocenters. The van der Waals surface area contributed by atoms with Gasteiger partial charge in [-0.25, -0.2) is 0 Å². The molecule has 3 heteroatoms. The van der Waals surface area contributed by atoms with Crippen LogP contribution in [0, 0.1) is 0 Å². The first kappa shape index (κ1) is 15.5. The molecule has 1 unspecified atom stereocenters. The Morgan fingerprint density at radius 1 is 1.05 bits per heavy atom. The van der Waals surface area contributed by atoms with E-state index < -0.39 is 0 Å². The number of rotatable bonds is 6. The van der Waals surface area contributed by atoms with Gasteiger partial charge in [0, 0.05) is 45.3 Å². The van der Waals surface area contributed by atoms with Crippen LogP contribution in [0.15, 0.2) is 24.3 Å². The van der Waals surface area contributed by atoms with Gasteiger partial charge in [-0.1, -0.05) is 31.2 Å². The van der Waals surface area contributed by atoms with E-state index in [4.69, 9.17) is 0 Å². The molecule has 1 aromatic rings. The maximum absolute atomic E-state index is 3.19. The highest BCUT2D eigenvalue weighted by atomic mass is 15.3. The van der Waals surface area contributed by atoms with Crippen molar-refractivity contribution in [1.29, 1.82) is 0 Å². The fourth-order valence-corrected chi connectivity index (χ4v) is 2.85. The molecule has 1 aliphatic heterocycles. The van der Waals surface area contributed by atoms with Gasteiger partial charge in [-0.3, -0.25) is 9.80 Å². The topological polar surface area (TPSA) is 18.5 Å². The van der Waals surface area contributed by atoms with Crippen molar-refractivity contribution in [2.75, 3.05) is 33.2 Å². The summed E-state index contributed by atoms with van der Waals surface area (Å²) in [5.74, 6) is 0. The number of nitrogens with one attached hydrogen (secondary N) is 1. The van der Waals surface area contributed by atoms with Crippen molar-refractivity contribution in [3.05, 3.63) is 35.4 Å². The van der Waals surface area contributed by atoms with Crippen molar-refractivity contribution < 1.29 is 0 Å². The van der Waals surface area contributed by atoms with Gasteiger partial charge < -0.3 is 5.32 Å². The van der Waals surface area contributed by atoms with Gasteiger partial charge >= 0.3 is 0 Å². The van der Waals surface area contributed by atoms with Crippen molar-refractivity contribution in [3.8, 4) is 0 Å². The number of benzene rings is 1. The molecule has 0 radical (unpaired) electrons. The number of piperazine rings is 1. The highest BCUT2D eigenvalue weighted by Gasteiger charge is 2.19. The first-order valence-corrected chi connectivity index (χ1v) is 7.91. The van der Waals surface area contributed by atoms with Gasteiger partial charge in [-0.05, 0) is 31.5 Å². The molecule has 0 spiro atoms. The Kier molecular flexibility index (Phi) is 6.02. The van der Waals surface area contributed by atoms with E-state index in [0.29, 0.717) is 0 Å². The maximum Gasteiger partial charge on any atom is 0.0234 e. The van der Waals surface area contributed by atoms with Crippen LogP contribution >= 0.6 is 0 Å². The van der Waals surface area contributed by atoms with E-state index in [2.05, 4.69) is 53.2 Å². The van der Waals surface area contributed by atoms with Crippen LogP contribution in [0.1, 0.15) is 31.4 Å². The van der Waals surface area contributed by atoms with Crippen LogP contribution in [-0.2, 0) is 13.1 Å². The molecule has 3 nitrogen and oxygen atoms in total. The lowest BCUT2D eigenvalue weighted by Gasteiger charge is -2.37. The second-order valence-corrected chi connectivity index (χ2v) is 5.92. The summed E-state index contributed by atoms with van der Waals surface area (Å²) in [4.78, 5) is 5.19. The van der Waals surface area contributed by atoms with E-state index in [-0.39, 0.29) is 0 Å². The van der Waals surface area contributed by atoms with Gasteiger partial charge in [0.15, 0.2) is 0 Å². The molecule has 0 aliphatic carbocycles. The van der Waals surface area contributed by atoms with Crippen LogP contribution < -0.4 is 5.32 Å². The molecular formula is C17H29N3. The van der Waals surface area contributed by atoms with Gasteiger partial charge in [0.2, 0.25) is 0 Å². The zero-order valence-corrected chi connectivity index (χ0v) is 13.2. The summed E-state index contributed by atoms with van der Waals surface area (Å²) in [7, 11) is 1.99. The molecular weight excluding hydrogens is 246 g/mol. The summed E-state index contributed by atoms with van der Waals surface area (Å²) < 4.78 is 0. The molecule has 1 aromatic carbocycles. The van der Waals surface area contributed by atoms with Crippen LogP contribution in [0.2, 0.25) is 0 Å². The number of hydrogen-bond donors (Lipinski definition) is 1. The Bertz CT molecular complexity index is 380. The average Bonchev–Trinajstić information content (AvgIpc) is 2.49. The van der Waals surface area contributed by atoms with Crippen LogP contribution in [0.25, 0.3) is 0 Å². The normalized spacial score (nSPS) is 19.1. The highest BCUT2D eigenvalue weighted by molar-refractivity contribution is 5.22. The molecule has 112 valence electrons. The van der Waals surface area contributed by atoms with Crippen LogP contribution in [-0.4, -0.2) is 49.1 Å². The summed E-state index contributed by atoms with van der Waals surface area (Å²) in [6, 6.07) is 9.75. The van der Waals surface area contributed by atoms with Crippen molar-refractivity contribution in [1.82, 2.24) is 15.1 Å². The van der Waals surface area contributed by atoms with Crippen molar-refractivity contribution in [2.24, 2.45) is 0 Å². The Morgan fingerprint density at radius 2 is 1.65 bits per heavy atom. The van der Waals surface area contributed by atoms with Gasteiger partial charge in [0.25, 0.3) is 0 Å². The van der Waals surface area contributed by atoms with Gasteiger partial charge in [-0.2, -0.15) is 0 Å². The van der Waals surface area contributed by atoms with E-state index in [1.54, 1.807) is 0 Å². The van der Waals surface area contributed by atoms with Gasteiger partial charge in [0.1, 0.15) is 0 Å². The van der Waals surface area contributed by atoms with E-state index >= 15 is 0 Å². The third-order valence-corrected chi connectivity index (χ3v) is 4.43. The van der Waals surface area contributed by atoms with Gasteiger partial charge in [0.05, 0.1) is 0 Å². The van der Waals surface area contributed by atoms with Crippen molar-refractivity contribution in [3.63, 3.8) is 0 Å².